The van der Waals surface area contributed by atoms with E-state index in [9.17, 15) is 9.59 Å². The molecule has 1 amide bonds. The lowest BCUT2D eigenvalue weighted by Gasteiger charge is -2.07. The number of carbonyl (C=O) groups excluding carboxylic acids is 2. The average Bonchev–Trinajstić information content (AvgIpc) is 2.98. The molecule has 0 fully saturated rings. The van der Waals surface area contributed by atoms with Crippen LogP contribution in [0.5, 0.6) is 11.5 Å². The first-order valence-electron chi connectivity index (χ1n) is 7.84. The largest absolute Gasteiger partial charge is 0.494 e. The Hall–Kier alpha value is -2.41. The zero-order valence-electron chi connectivity index (χ0n) is 13.3. The van der Waals surface area contributed by atoms with Crippen molar-refractivity contribution in [2.24, 2.45) is 0 Å². The molecule has 1 N–H and O–H groups in total. The van der Waals surface area contributed by atoms with E-state index in [0.717, 1.165) is 24.3 Å². The summed E-state index contributed by atoms with van der Waals surface area (Å²) in [5, 5.41) is 3.14. The fourth-order valence-electron chi connectivity index (χ4n) is 2.43. The second kappa shape index (κ2) is 7.44. The number of aryl methyl sites for hydroxylation is 1. The number of ether oxygens (including phenoxy) is 2. The Morgan fingerprint density at radius 3 is 2.58 bits per heavy atom. The fourth-order valence-corrected chi connectivity index (χ4v) is 3.42. The van der Waals surface area contributed by atoms with Gasteiger partial charge in [-0.3, -0.25) is 14.9 Å². The number of amides is 1. The van der Waals surface area contributed by atoms with E-state index in [4.69, 9.17) is 9.47 Å². The van der Waals surface area contributed by atoms with E-state index < -0.39 is 0 Å². The molecule has 0 saturated heterocycles. The van der Waals surface area contributed by atoms with Gasteiger partial charge in [0.25, 0.3) is 5.91 Å². The number of anilines is 1. The molecule has 24 heavy (non-hydrogen) atoms. The first-order chi connectivity index (χ1) is 11.7. The maximum Gasteiger partial charge on any atom is 0.264 e. The van der Waals surface area contributed by atoms with E-state index in [-0.39, 0.29) is 18.3 Å². The molecule has 6 nitrogen and oxygen atoms in total. The van der Waals surface area contributed by atoms with Crippen LogP contribution >= 0.6 is 11.3 Å². The molecular weight excluding hydrogens is 328 g/mol. The van der Waals surface area contributed by atoms with Crippen LogP contribution in [0.15, 0.2) is 24.3 Å². The Bertz CT molecular complexity index is 740. The molecule has 126 valence electrons. The summed E-state index contributed by atoms with van der Waals surface area (Å²) in [5.74, 6) is 1.15. The van der Waals surface area contributed by atoms with Gasteiger partial charge in [-0.1, -0.05) is 11.3 Å². The third-order valence-electron chi connectivity index (χ3n) is 3.52. The van der Waals surface area contributed by atoms with Crippen molar-refractivity contribution >= 4 is 28.2 Å². The van der Waals surface area contributed by atoms with Crippen molar-refractivity contribution in [3.8, 4) is 11.5 Å². The highest BCUT2D eigenvalue weighted by atomic mass is 32.1. The van der Waals surface area contributed by atoms with Gasteiger partial charge in [0.05, 0.1) is 17.2 Å². The first-order valence-corrected chi connectivity index (χ1v) is 8.65. The standard InChI is InChI=1S/C17H18N2O4S/c1-2-22-11-6-8-12(9-7-11)23-10-15(21)19-17-18-13-4-3-5-14(20)16(13)24-17/h6-9H,2-5,10H2,1H3,(H,18,19,21). The molecule has 0 radical (unpaired) electrons. The number of fused-ring (bicyclic) bond motifs is 1. The van der Waals surface area contributed by atoms with Crippen LogP contribution < -0.4 is 14.8 Å². The molecule has 2 aromatic rings. The SMILES string of the molecule is CCOc1ccc(OCC(=O)Nc2nc3c(s2)C(=O)CCC3)cc1. The van der Waals surface area contributed by atoms with E-state index in [0.29, 0.717) is 28.8 Å². The van der Waals surface area contributed by atoms with Crippen LogP contribution in [0.2, 0.25) is 0 Å². The summed E-state index contributed by atoms with van der Waals surface area (Å²) < 4.78 is 10.8. The lowest BCUT2D eigenvalue weighted by Crippen LogP contribution is -2.20. The summed E-state index contributed by atoms with van der Waals surface area (Å²) in [4.78, 5) is 28.8. The minimum Gasteiger partial charge on any atom is -0.494 e. The van der Waals surface area contributed by atoms with Gasteiger partial charge in [0.2, 0.25) is 0 Å². The molecule has 0 bridgehead atoms. The number of carbonyl (C=O) groups is 2. The van der Waals surface area contributed by atoms with Crippen LogP contribution in [0.1, 0.15) is 35.1 Å². The van der Waals surface area contributed by atoms with Gasteiger partial charge in [-0.05, 0) is 44.0 Å². The maximum absolute atomic E-state index is 12.0. The first kappa shape index (κ1) is 16.4. The van der Waals surface area contributed by atoms with E-state index in [2.05, 4.69) is 10.3 Å². The number of hydrogen-bond acceptors (Lipinski definition) is 6. The Labute approximate surface area is 143 Å². The fraction of sp³-hybridized carbons (Fsp3) is 0.353. The lowest BCUT2D eigenvalue weighted by molar-refractivity contribution is -0.118. The Morgan fingerprint density at radius 2 is 1.92 bits per heavy atom. The third-order valence-corrected chi connectivity index (χ3v) is 4.57. The highest BCUT2D eigenvalue weighted by Crippen LogP contribution is 2.29. The van der Waals surface area contributed by atoms with E-state index in [1.165, 1.54) is 11.3 Å². The number of Topliss-reactive ketones (excluding diaryl/α,β-unsaturated/α-hetero) is 1. The van der Waals surface area contributed by atoms with Gasteiger partial charge in [-0.15, -0.1) is 0 Å². The van der Waals surface area contributed by atoms with Gasteiger partial charge in [0.15, 0.2) is 17.5 Å². The summed E-state index contributed by atoms with van der Waals surface area (Å²) in [6.45, 7) is 2.40. The summed E-state index contributed by atoms with van der Waals surface area (Å²) >= 11 is 1.24. The number of benzene rings is 1. The molecule has 1 aliphatic rings. The average molecular weight is 346 g/mol. The number of nitrogens with zero attached hydrogens (tertiary/aromatic N) is 1. The van der Waals surface area contributed by atoms with Crippen molar-refractivity contribution in [3.05, 3.63) is 34.8 Å². The topological polar surface area (TPSA) is 77.5 Å². The molecule has 7 heteroatoms. The molecule has 0 saturated carbocycles. The zero-order chi connectivity index (χ0) is 16.9. The summed E-state index contributed by atoms with van der Waals surface area (Å²) in [6.07, 6.45) is 2.17. The van der Waals surface area contributed by atoms with E-state index in [1.54, 1.807) is 24.3 Å². The molecule has 1 aromatic heterocycles. The molecule has 3 rings (SSSR count). The molecular formula is C17H18N2O4S. The van der Waals surface area contributed by atoms with Crippen molar-refractivity contribution in [2.45, 2.75) is 26.2 Å². The van der Waals surface area contributed by atoms with Gasteiger partial charge in [-0.2, -0.15) is 0 Å². The molecule has 1 aromatic carbocycles. The molecule has 0 unspecified atom stereocenters. The minimum absolute atomic E-state index is 0.111. The van der Waals surface area contributed by atoms with Crippen LogP contribution in [-0.4, -0.2) is 29.9 Å². The van der Waals surface area contributed by atoms with Crippen LogP contribution in [0, 0.1) is 0 Å². The summed E-state index contributed by atoms with van der Waals surface area (Å²) in [6, 6.07) is 7.08. The minimum atomic E-state index is -0.303. The Kier molecular flexibility index (Phi) is 5.10. The number of hydrogen-bond donors (Lipinski definition) is 1. The number of thiazole rings is 1. The number of ketones is 1. The number of rotatable bonds is 6. The maximum atomic E-state index is 12.0. The van der Waals surface area contributed by atoms with E-state index in [1.807, 2.05) is 6.92 Å². The number of aromatic nitrogens is 1. The highest BCUT2D eigenvalue weighted by Gasteiger charge is 2.22. The van der Waals surface area contributed by atoms with Gasteiger partial charge in [0, 0.05) is 6.42 Å². The molecule has 1 heterocycles. The third kappa shape index (κ3) is 3.91. The van der Waals surface area contributed by atoms with E-state index >= 15 is 0 Å². The van der Waals surface area contributed by atoms with Crippen molar-refractivity contribution in [2.75, 3.05) is 18.5 Å². The smallest absolute Gasteiger partial charge is 0.264 e. The van der Waals surface area contributed by atoms with Crippen LogP contribution in [0.4, 0.5) is 5.13 Å². The number of nitrogens with one attached hydrogen (secondary N) is 1. The molecule has 0 atom stereocenters. The summed E-state index contributed by atoms with van der Waals surface area (Å²) in [7, 11) is 0. The van der Waals surface area contributed by atoms with Gasteiger partial charge >= 0.3 is 0 Å². The van der Waals surface area contributed by atoms with Gasteiger partial charge in [-0.25, -0.2) is 4.98 Å². The summed E-state index contributed by atoms with van der Waals surface area (Å²) in [5.41, 5.74) is 0.791. The monoisotopic (exact) mass is 346 g/mol. The van der Waals surface area contributed by atoms with Crippen molar-refractivity contribution in [3.63, 3.8) is 0 Å². The highest BCUT2D eigenvalue weighted by molar-refractivity contribution is 7.17. The molecule has 0 spiro atoms. The normalized spacial score (nSPS) is 13.3. The lowest BCUT2D eigenvalue weighted by atomic mass is 10.0. The Morgan fingerprint density at radius 1 is 1.21 bits per heavy atom. The zero-order valence-corrected chi connectivity index (χ0v) is 14.1. The van der Waals surface area contributed by atoms with Crippen molar-refractivity contribution < 1.29 is 19.1 Å². The predicted molar refractivity (Wildman–Crippen MR) is 91.1 cm³/mol. The second-order valence-corrected chi connectivity index (χ2v) is 6.31. The predicted octanol–water partition coefficient (Wildman–Crippen LogP) is 3.08. The second-order valence-electron chi connectivity index (χ2n) is 5.31. The molecule has 0 aliphatic heterocycles. The van der Waals surface area contributed by atoms with Gasteiger partial charge in [0.1, 0.15) is 11.5 Å². The van der Waals surface area contributed by atoms with Crippen molar-refractivity contribution in [1.29, 1.82) is 0 Å². The quantitative estimate of drug-likeness (QED) is 0.870. The van der Waals surface area contributed by atoms with Gasteiger partial charge < -0.3 is 9.47 Å². The van der Waals surface area contributed by atoms with Crippen LogP contribution in [0.25, 0.3) is 0 Å². The van der Waals surface area contributed by atoms with Crippen LogP contribution in [0.3, 0.4) is 0 Å². The van der Waals surface area contributed by atoms with Crippen molar-refractivity contribution in [1.82, 2.24) is 4.98 Å². The molecule has 1 aliphatic carbocycles. The van der Waals surface area contributed by atoms with Crippen LogP contribution in [-0.2, 0) is 11.2 Å². The Balaban J connectivity index is 1.53.